The van der Waals surface area contributed by atoms with Crippen LogP contribution in [0, 0.1) is 11.8 Å². The smallest absolute Gasteiger partial charge is 0.311 e. The zero-order chi connectivity index (χ0) is 16.6. The zero-order valence-corrected chi connectivity index (χ0v) is 14.5. The first-order valence-electron chi connectivity index (χ1n) is 9.78. The molecule has 24 heavy (non-hydrogen) atoms. The number of ether oxygens (including phenoxy) is 2. The van der Waals surface area contributed by atoms with Gasteiger partial charge in [-0.1, -0.05) is 25.7 Å². The van der Waals surface area contributed by atoms with Gasteiger partial charge in [0.1, 0.15) is 5.60 Å². The van der Waals surface area contributed by atoms with Crippen LogP contribution in [0.4, 0.5) is 0 Å². The minimum absolute atomic E-state index is 0.149. The highest BCUT2D eigenvalue weighted by molar-refractivity contribution is 5.87. The maximum atomic E-state index is 12.7. The molecule has 0 aromatic heterocycles. The van der Waals surface area contributed by atoms with Crippen molar-refractivity contribution < 1.29 is 19.1 Å². The van der Waals surface area contributed by atoms with Gasteiger partial charge in [0.2, 0.25) is 5.91 Å². The number of hydrogen-bond acceptors (Lipinski definition) is 4. The van der Waals surface area contributed by atoms with E-state index in [-0.39, 0.29) is 23.4 Å². The largest absolute Gasteiger partial charge is 0.458 e. The molecule has 134 valence electrons. The third-order valence-electron chi connectivity index (χ3n) is 6.48. The maximum absolute atomic E-state index is 12.7. The SMILES string of the molecule is O=C(OC1([C@H]2CCOC2)CC1)[C@@H]1CC(=O)N(C2CCCCCC2)C1. The van der Waals surface area contributed by atoms with E-state index in [1.807, 2.05) is 4.90 Å². The molecule has 2 saturated carbocycles. The minimum Gasteiger partial charge on any atom is -0.458 e. The van der Waals surface area contributed by atoms with Crippen LogP contribution in [0.1, 0.15) is 64.2 Å². The molecule has 4 rings (SSSR count). The highest BCUT2D eigenvalue weighted by Gasteiger charge is 2.55. The molecule has 2 aliphatic heterocycles. The Morgan fingerprint density at radius 2 is 1.88 bits per heavy atom. The average molecular weight is 335 g/mol. The molecule has 0 unspecified atom stereocenters. The van der Waals surface area contributed by atoms with E-state index in [1.54, 1.807) is 0 Å². The highest BCUT2D eigenvalue weighted by atomic mass is 16.6. The normalized spacial score (nSPS) is 33.5. The second-order valence-corrected chi connectivity index (χ2v) is 8.14. The summed E-state index contributed by atoms with van der Waals surface area (Å²) < 4.78 is 11.4. The number of hydrogen-bond donors (Lipinski definition) is 0. The molecular weight excluding hydrogens is 306 g/mol. The molecule has 2 heterocycles. The van der Waals surface area contributed by atoms with Crippen molar-refractivity contribution in [3.8, 4) is 0 Å². The van der Waals surface area contributed by atoms with Gasteiger partial charge in [0.05, 0.1) is 12.5 Å². The molecule has 4 aliphatic rings. The summed E-state index contributed by atoms with van der Waals surface area (Å²) in [7, 11) is 0. The van der Waals surface area contributed by atoms with Crippen LogP contribution in [0.25, 0.3) is 0 Å². The van der Waals surface area contributed by atoms with E-state index in [9.17, 15) is 9.59 Å². The average Bonchev–Trinajstić information content (AvgIpc) is 3.05. The molecule has 2 saturated heterocycles. The summed E-state index contributed by atoms with van der Waals surface area (Å²) in [6.07, 6.45) is 10.4. The van der Waals surface area contributed by atoms with Crippen LogP contribution in [0.5, 0.6) is 0 Å². The van der Waals surface area contributed by atoms with Gasteiger partial charge in [0.15, 0.2) is 0 Å². The van der Waals surface area contributed by atoms with Crippen molar-refractivity contribution >= 4 is 11.9 Å². The molecule has 0 spiro atoms. The molecule has 0 aromatic rings. The third-order valence-corrected chi connectivity index (χ3v) is 6.48. The number of rotatable bonds is 4. The Morgan fingerprint density at radius 3 is 2.50 bits per heavy atom. The van der Waals surface area contributed by atoms with Crippen LogP contribution in [0.15, 0.2) is 0 Å². The number of amides is 1. The molecule has 0 bridgehead atoms. The van der Waals surface area contributed by atoms with Crippen LogP contribution >= 0.6 is 0 Å². The standard InChI is InChI=1S/C19H29NO4/c21-17-11-14(12-20(17)16-5-3-1-2-4-6-16)18(22)24-19(8-9-19)15-7-10-23-13-15/h14-16H,1-13H2/t14-,15+/m1/s1. The Bertz CT molecular complexity index is 488. The van der Waals surface area contributed by atoms with Crippen LogP contribution in [0.3, 0.4) is 0 Å². The van der Waals surface area contributed by atoms with E-state index in [1.165, 1.54) is 25.7 Å². The molecule has 5 nitrogen and oxygen atoms in total. The Morgan fingerprint density at radius 1 is 1.12 bits per heavy atom. The van der Waals surface area contributed by atoms with Crippen LogP contribution in [-0.2, 0) is 19.1 Å². The van der Waals surface area contributed by atoms with Gasteiger partial charge in [-0.15, -0.1) is 0 Å². The second-order valence-electron chi connectivity index (χ2n) is 8.14. The quantitative estimate of drug-likeness (QED) is 0.585. The summed E-state index contributed by atoms with van der Waals surface area (Å²) in [6, 6.07) is 0.343. The van der Waals surface area contributed by atoms with Crippen LogP contribution in [-0.4, -0.2) is 48.2 Å². The van der Waals surface area contributed by atoms with E-state index in [0.29, 0.717) is 31.5 Å². The fraction of sp³-hybridized carbons (Fsp3) is 0.895. The zero-order valence-electron chi connectivity index (χ0n) is 14.5. The minimum atomic E-state index is -0.271. The highest BCUT2D eigenvalue weighted by Crippen LogP contribution is 2.49. The monoisotopic (exact) mass is 335 g/mol. The van der Waals surface area contributed by atoms with Gasteiger partial charge in [0, 0.05) is 31.5 Å². The molecule has 4 fully saturated rings. The van der Waals surface area contributed by atoms with E-state index in [2.05, 4.69) is 0 Å². The summed E-state index contributed by atoms with van der Waals surface area (Å²) in [6.45, 7) is 2.06. The van der Waals surface area contributed by atoms with E-state index in [4.69, 9.17) is 9.47 Å². The Balaban J connectivity index is 1.35. The first-order chi connectivity index (χ1) is 11.7. The summed E-state index contributed by atoms with van der Waals surface area (Å²) in [5, 5.41) is 0. The topological polar surface area (TPSA) is 55.8 Å². The van der Waals surface area contributed by atoms with Gasteiger partial charge in [-0.25, -0.2) is 0 Å². The van der Waals surface area contributed by atoms with Crippen molar-refractivity contribution in [2.45, 2.75) is 75.9 Å². The van der Waals surface area contributed by atoms with Gasteiger partial charge < -0.3 is 14.4 Å². The summed E-state index contributed by atoms with van der Waals surface area (Å²) >= 11 is 0. The molecule has 1 amide bonds. The number of likely N-dealkylation sites (tertiary alicyclic amines) is 1. The molecule has 0 aromatic carbocycles. The number of carbonyl (C=O) groups is 2. The lowest BCUT2D eigenvalue weighted by atomic mass is 9.99. The first-order valence-corrected chi connectivity index (χ1v) is 9.78. The number of nitrogens with zero attached hydrogens (tertiary/aromatic N) is 1. The van der Waals surface area contributed by atoms with Crippen LogP contribution < -0.4 is 0 Å². The Hall–Kier alpha value is -1.10. The van der Waals surface area contributed by atoms with Crippen molar-refractivity contribution in [1.82, 2.24) is 4.90 Å². The molecule has 0 N–H and O–H groups in total. The fourth-order valence-electron chi connectivity index (χ4n) is 4.76. The Kier molecular flexibility index (Phi) is 4.54. The molecule has 2 atom stereocenters. The summed E-state index contributed by atoms with van der Waals surface area (Å²) in [4.78, 5) is 27.1. The number of esters is 1. The predicted molar refractivity (Wildman–Crippen MR) is 88.3 cm³/mol. The van der Waals surface area contributed by atoms with Crippen molar-refractivity contribution in [2.75, 3.05) is 19.8 Å². The first kappa shape index (κ1) is 16.4. The van der Waals surface area contributed by atoms with Gasteiger partial charge in [-0.2, -0.15) is 0 Å². The van der Waals surface area contributed by atoms with E-state index >= 15 is 0 Å². The van der Waals surface area contributed by atoms with Gasteiger partial charge >= 0.3 is 5.97 Å². The lowest BCUT2D eigenvalue weighted by Gasteiger charge is -2.27. The summed E-state index contributed by atoms with van der Waals surface area (Å²) in [5.41, 5.74) is -0.271. The predicted octanol–water partition coefficient (Wildman–Crippen LogP) is 2.67. The van der Waals surface area contributed by atoms with Crippen molar-refractivity contribution in [3.63, 3.8) is 0 Å². The van der Waals surface area contributed by atoms with Crippen molar-refractivity contribution in [2.24, 2.45) is 11.8 Å². The van der Waals surface area contributed by atoms with Crippen LogP contribution in [0.2, 0.25) is 0 Å². The second kappa shape index (κ2) is 6.66. The number of carbonyl (C=O) groups excluding carboxylic acids is 2. The molecule has 0 radical (unpaired) electrons. The summed E-state index contributed by atoms with van der Waals surface area (Å²) in [5.74, 6) is 0.0961. The van der Waals surface area contributed by atoms with E-state index < -0.39 is 0 Å². The van der Waals surface area contributed by atoms with Gasteiger partial charge in [-0.05, 0) is 32.1 Å². The molecule has 2 aliphatic carbocycles. The lowest BCUT2D eigenvalue weighted by Crippen LogP contribution is -2.37. The Labute approximate surface area is 144 Å². The van der Waals surface area contributed by atoms with E-state index in [0.717, 1.165) is 38.7 Å². The van der Waals surface area contributed by atoms with Gasteiger partial charge in [0.25, 0.3) is 0 Å². The van der Waals surface area contributed by atoms with Crippen molar-refractivity contribution in [1.29, 1.82) is 0 Å². The third kappa shape index (κ3) is 3.19. The maximum Gasteiger partial charge on any atom is 0.311 e. The molecule has 5 heteroatoms. The van der Waals surface area contributed by atoms with Crippen molar-refractivity contribution in [3.05, 3.63) is 0 Å². The lowest BCUT2D eigenvalue weighted by molar-refractivity contribution is -0.159. The van der Waals surface area contributed by atoms with Gasteiger partial charge in [-0.3, -0.25) is 9.59 Å². The fourth-order valence-corrected chi connectivity index (χ4v) is 4.76. The molecular formula is C19H29NO4.